The van der Waals surface area contributed by atoms with Crippen LogP contribution < -0.4 is 16.0 Å². The van der Waals surface area contributed by atoms with E-state index in [2.05, 4.69) is 10.4 Å². The lowest BCUT2D eigenvalue weighted by Crippen LogP contribution is -2.37. The summed E-state index contributed by atoms with van der Waals surface area (Å²) in [7, 11) is 0. The molecular formula is C12H18ClN3O. The van der Waals surface area contributed by atoms with Gasteiger partial charge in [0.2, 0.25) is 0 Å². The summed E-state index contributed by atoms with van der Waals surface area (Å²) in [5.41, 5.74) is 2.34. The number of ether oxygens (including phenoxy) is 1. The molecule has 0 fully saturated rings. The lowest BCUT2D eigenvalue weighted by molar-refractivity contribution is 0.369. The average Bonchev–Trinajstić information content (AvgIpc) is 2.23. The quantitative estimate of drug-likeness (QED) is 0.377. The van der Waals surface area contributed by atoms with Gasteiger partial charge in [-0.25, -0.2) is 5.84 Å². The molecule has 17 heavy (non-hydrogen) atoms. The summed E-state index contributed by atoms with van der Waals surface area (Å²) < 4.78 is 5.53. The van der Waals surface area contributed by atoms with E-state index in [1.807, 2.05) is 32.9 Å². The van der Waals surface area contributed by atoms with Gasteiger partial charge in [0, 0.05) is 5.02 Å². The van der Waals surface area contributed by atoms with Crippen molar-refractivity contribution in [3.8, 4) is 5.75 Å². The van der Waals surface area contributed by atoms with Gasteiger partial charge in [0.15, 0.2) is 0 Å². The molecule has 0 saturated heterocycles. The number of benzene rings is 1. The van der Waals surface area contributed by atoms with E-state index in [9.17, 15) is 0 Å². The first-order valence-electron chi connectivity index (χ1n) is 5.34. The highest BCUT2D eigenvalue weighted by molar-refractivity contribution is 6.30. The molecule has 0 amide bonds. The smallest absolute Gasteiger partial charge is 0.150 e. The molecule has 0 aromatic heterocycles. The van der Waals surface area contributed by atoms with Gasteiger partial charge in [-0.3, -0.25) is 4.99 Å². The Bertz CT molecular complexity index is 399. The second-order valence-electron chi connectivity index (χ2n) is 4.62. The Morgan fingerprint density at radius 2 is 2.18 bits per heavy atom. The molecule has 0 bridgehead atoms. The number of halogens is 1. The number of hydrogen-bond acceptors (Lipinski definition) is 3. The first kappa shape index (κ1) is 13.8. The van der Waals surface area contributed by atoms with Gasteiger partial charge < -0.3 is 10.2 Å². The normalized spacial score (nSPS) is 12.4. The van der Waals surface area contributed by atoms with Crippen LogP contribution in [0.1, 0.15) is 20.8 Å². The summed E-state index contributed by atoms with van der Waals surface area (Å²) in [4.78, 5) is 4.39. The largest absolute Gasteiger partial charge is 0.486 e. The minimum absolute atomic E-state index is 0.195. The van der Waals surface area contributed by atoms with Crippen molar-refractivity contribution in [2.45, 2.75) is 26.3 Å². The highest BCUT2D eigenvalue weighted by Gasteiger charge is 2.09. The molecule has 0 heterocycles. The van der Waals surface area contributed by atoms with E-state index in [1.54, 1.807) is 12.1 Å². The van der Waals surface area contributed by atoms with Gasteiger partial charge in [-0.15, -0.1) is 0 Å². The number of hydrazine groups is 1. The van der Waals surface area contributed by atoms with Crippen LogP contribution in [0.2, 0.25) is 5.02 Å². The van der Waals surface area contributed by atoms with Gasteiger partial charge in [0.1, 0.15) is 18.2 Å². The SMILES string of the molecule is CC(C)(C)N=C(COc1cccc(Cl)c1)NN. The van der Waals surface area contributed by atoms with Gasteiger partial charge in [-0.1, -0.05) is 17.7 Å². The number of rotatable bonds is 3. The molecule has 0 aliphatic carbocycles. The minimum Gasteiger partial charge on any atom is -0.486 e. The van der Waals surface area contributed by atoms with Crippen molar-refractivity contribution in [3.05, 3.63) is 29.3 Å². The van der Waals surface area contributed by atoms with Crippen molar-refractivity contribution in [2.24, 2.45) is 10.8 Å². The summed E-state index contributed by atoms with van der Waals surface area (Å²) in [6.45, 7) is 6.26. The van der Waals surface area contributed by atoms with Crippen LogP contribution in [0, 0.1) is 0 Å². The van der Waals surface area contributed by atoms with Gasteiger partial charge in [-0.2, -0.15) is 0 Å². The number of nitrogens with two attached hydrogens (primary N) is 1. The molecular weight excluding hydrogens is 238 g/mol. The Labute approximate surface area is 107 Å². The molecule has 3 N–H and O–H groups in total. The molecule has 94 valence electrons. The van der Waals surface area contributed by atoms with E-state index >= 15 is 0 Å². The van der Waals surface area contributed by atoms with Gasteiger partial charge in [0.25, 0.3) is 0 Å². The molecule has 0 saturated carbocycles. The van der Waals surface area contributed by atoms with E-state index < -0.39 is 0 Å². The maximum absolute atomic E-state index is 5.85. The van der Waals surface area contributed by atoms with Gasteiger partial charge in [-0.05, 0) is 39.0 Å². The van der Waals surface area contributed by atoms with E-state index in [-0.39, 0.29) is 12.1 Å². The van der Waals surface area contributed by atoms with E-state index in [0.717, 1.165) is 0 Å². The Balaban J connectivity index is 2.63. The molecule has 1 rings (SSSR count). The zero-order valence-corrected chi connectivity index (χ0v) is 11.1. The fourth-order valence-electron chi connectivity index (χ4n) is 1.22. The predicted molar refractivity (Wildman–Crippen MR) is 71.5 cm³/mol. The van der Waals surface area contributed by atoms with Crippen molar-refractivity contribution < 1.29 is 4.74 Å². The Kier molecular flexibility index (Phi) is 4.78. The Morgan fingerprint density at radius 1 is 1.47 bits per heavy atom. The molecule has 0 radical (unpaired) electrons. The van der Waals surface area contributed by atoms with Crippen LogP contribution >= 0.6 is 11.6 Å². The van der Waals surface area contributed by atoms with Gasteiger partial charge in [0.05, 0.1) is 5.54 Å². The monoisotopic (exact) mass is 255 g/mol. The highest BCUT2D eigenvalue weighted by atomic mass is 35.5. The molecule has 0 atom stereocenters. The number of amidine groups is 1. The molecule has 0 aliphatic heterocycles. The summed E-state index contributed by atoms with van der Waals surface area (Å²) in [5, 5.41) is 0.637. The number of aliphatic imine (C=N–C) groups is 1. The van der Waals surface area contributed by atoms with Crippen molar-refractivity contribution in [1.82, 2.24) is 5.43 Å². The Hall–Kier alpha value is -1.26. The van der Waals surface area contributed by atoms with Crippen LogP contribution in [0.3, 0.4) is 0 Å². The number of nitrogens with one attached hydrogen (secondary N) is 1. The summed E-state index contributed by atoms with van der Waals surface area (Å²) >= 11 is 5.85. The third-order valence-electron chi connectivity index (χ3n) is 1.81. The summed E-state index contributed by atoms with van der Waals surface area (Å²) in [6.07, 6.45) is 0. The summed E-state index contributed by atoms with van der Waals surface area (Å²) in [5.74, 6) is 6.67. The number of hydrogen-bond donors (Lipinski definition) is 2. The molecule has 1 aromatic rings. The van der Waals surface area contributed by atoms with E-state index in [0.29, 0.717) is 16.6 Å². The highest BCUT2D eigenvalue weighted by Crippen LogP contribution is 2.17. The average molecular weight is 256 g/mol. The maximum Gasteiger partial charge on any atom is 0.150 e. The molecule has 1 aromatic carbocycles. The number of nitrogens with zero attached hydrogens (tertiary/aromatic N) is 1. The zero-order valence-electron chi connectivity index (χ0n) is 10.3. The van der Waals surface area contributed by atoms with Crippen molar-refractivity contribution in [1.29, 1.82) is 0 Å². The van der Waals surface area contributed by atoms with Crippen LogP contribution in [-0.4, -0.2) is 18.0 Å². The third-order valence-corrected chi connectivity index (χ3v) is 2.04. The zero-order chi connectivity index (χ0) is 12.9. The topological polar surface area (TPSA) is 59.6 Å². The third kappa shape index (κ3) is 5.56. The van der Waals surface area contributed by atoms with E-state index in [4.69, 9.17) is 22.2 Å². The fourth-order valence-corrected chi connectivity index (χ4v) is 1.40. The molecule has 0 unspecified atom stereocenters. The van der Waals surface area contributed by atoms with Crippen LogP contribution in [0.25, 0.3) is 0 Å². The maximum atomic E-state index is 5.85. The predicted octanol–water partition coefficient (Wildman–Crippen LogP) is 2.38. The second kappa shape index (κ2) is 5.89. The first-order chi connectivity index (χ1) is 7.90. The van der Waals surface area contributed by atoms with Crippen LogP contribution in [0.5, 0.6) is 5.75 Å². The van der Waals surface area contributed by atoms with Crippen LogP contribution in [-0.2, 0) is 0 Å². The molecule has 5 heteroatoms. The first-order valence-corrected chi connectivity index (χ1v) is 5.72. The van der Waals surface area contributed by atoms with E-state index in [1.165, 1.54) is 0 Å². The van der Waals surface area contributed by atoms with Crippen molar-refractivity contribution in [3.63, 3.8) is 0 Å². The molecule has 4 nitrogen and oxygen atoms in total. The van der Waals surface area contributed by atoms with Gasteiger partial charge >= 0.3 is 0 Å². The minimum atomic E-state index is -0.195. The lowest BCUT2D eigenvalue weighted by Gasteiger charge is -2.16. The van der Waals surface area contributed by atoms with Crippen molar-refractivity contribution in [2.75, 3.05) is 6.61 Å². The van der Waals surface area contributed by atoms with Crippen LogP contribution in [0.15, 0.2) is 29.3 Å². The fraction of sp³-hybridized carbons (Fsp3) is 0.417. The second-order valence-corrected chi connectivity index (χ2v) is 5.06. The molecule has 0 spiro atoms. The standard InChI is InChI=1S/C12H18ClN3O/c1-12(2,3)15-11(16-14)8-17-10-6-4-5-9(13)7-10/h4-7H,8,14H2,1-3H3,(H,15,16). The van der Waals surface area contributed by atoms with Crippen molar-refractivity contribution >= 4 is 17.4 Å². The molecule has 0 aliphatic rings. The summed E-state index contributed by atoms with van der Waals surface area (Å²) in [6, 6.07) is 7.19. The van der Waals surface area contributed by atoms with Crippen LogP contribution in [0.4, 0.5) is 0 Å². The Morgan fingerprint density at radius 3 is 2.71 bits per heavy atom. The lowest BCUT2D eigenvalue weighted by atomic mass is 10.1.